The Labute approximate surface area is 75.2 Å². The van der Waals surface area contributed by atoms with Gasteiger partial charge in [0, 0.05) is 6.61 Å². The Kier molecular flexibility index (Phi) is 2.16. The molecule has 0 aromatic carbocycles. The monoisotopic (exact) mass is 168 g/mol. The number of aliphatic hydroxyl groups is 1. The molecule has 0 aliphatic heterocycles. The summed E-state index contributed by atoms with van der Waals surface area (Å²) in [5.41, 5.74) is 0. The predicted molar refractivity (Wildman–Crippen MR) is 49.7 cm³/mol. The minimum Gasteiger partial charge on any atom is -0.396 e. The molecule has 2 fully saturated rings. The molecule has 0 aromatic rings. The van der Waals surface area contributed by atoms with Gasteiger partial charge < -0.3 is 5.11 Å². The zero-order chi connectivity index (χ0) is 8.72. The Balaban J connectivity index is 2.09. The van der Waals surface area contributed by atoms with Crippen LogP contribution in [0.25, 0.3) is 0 Å². The third-order valence-corrected chi connectivity index (χ3v) is 4.46. The maximum Gasteiger partial charge on any atom is 0.0462 e. The van der Waals surface area contributed by atoms with E-state index in [0.29, 0.717) is 12.5 Å². The highest BCUT2D eigenvalue weighted by molar-refractivity contribution is 4.98. The van der Waals surface area contributed by atoms with Gasteiger partial charge >= 0.3 is 0 Å². The number of aliphatic hydroxyl groups excluding tert-OH is 1. The van der Waals surface area contributed by atoms with Crippen LogP contribution in [-0.2, 0) is 0 Å². The normalized spacial score (nSPS) is 51.8. The van der Waals surface area contributed by atoms with E-state index in [2.05, 4.69) is 13.8 Å². The molecule has 2 aliphatic carbocycles. The minimum atomic E-state index is 0.435. The van der Waals surface area contributed by atoms with Gasteiger partial charge in [-0.15, -0.1) is 0 Å². The summed E-state index contributed by atoms with van der Waals surface area (Å²) in [6.45, 7) is 5.15. The molecule has 1 nitrogen and oxygen atoms in total. The largest absolute Gasteiger partial charge is 0.396 e. The maximum atomic E-state index is 9.19. The molecule has 70 valence electrons. The second-order valence-electron chi connectivity index (χ2n) is 4.77. The van der Waals surface area contributed by atoms with E-state index in [1.807, 2.05) is 0 Å². The van der Waals surface area contributed by atoms with Crippen LogP contribution in [0.3, 0.4) is 0 Å². The van der Waals surface area contributed by atoms with Gasteiger partial charge in [-0.1, -0.05) is 20.3 Å². The Hall–Kier alpha value is -0.0400. The highest BCUT2D eigenvalue weighted by Crippen LogP contribution is 2.55. The molecule has 1 N–H and O–H groups in total. The minimum absolute atomic E-state index is 0.435. The Morgan fingerprint density at radius 3 is 2.58 bits per heavy atom. The van der Waals surface area contributed by atoms with Crippen molar-refractivity contribution in [3.63, 3.8) is 0 Å². The van der Waals surface area contributed by atoms with Gasteiger partial charge in [-0.25, -0.2) is 0 Å². The second-order valence-corrected chi connectivity index (χ2v) is 4.77. The van der Waals surface area contributed by atoms with Crippen molar-refractivity contribution in [3.05, 3.63) is 0 Å². The predicted octanol–water partition coefficient (Wildman–Crippen LogP) is 2.30. The number of rotatable bonds is 2. The topological polar surface area (TPSA) is 20.2 Å². The molecule has 2 aliphatic rings. The number of hydrogen-bond donors (Lipinski definition) is 1. The first-order valence-corrected chi connectivity index (χ1v) is 5.38. The zero-order valence-corrected chi connectivity index (χ0v) is 8.16. The fraction of sp³-hybridized carbons (Fsp3) is 1.00. The summed E-state index contributed by atoms with van der Waals surface area (Å²) in [6, 6.07) is 0. The van der Waals surface area contributed by atoms with Crippen LogP contribution in [0, 0.1) is 29.6 Å². The van der Waals surface area contributed by atoms with Crippen LogP contribution < -0.4 is 0 Å². The van der Waals surface area contributed by atoms with Gasteiger partial charge in [0.15, 0.2) is 0 Å². The maximum absolute atomic E-state index is 9.19. The lowest BCUT2D eigenvalue weighted by Crippen LogP contribution is -2.27. The number of hydrogen-bond acceptors (Lipinski definition) is 1. The molecule has 0 heterocycles. The molecule has 5 atom stereocenters. The molecular weight excluding hydrogens is 148 g/mol. The van der Waals surface area contributed by atoms with Gasteiger partial charge in [0.1, 0.15) is 0 Å². The molecule has 12 heavy (non-hydrogen) atoms. The lowest BCUT2D eigenvalue weighted by molar-refractivity contribution is 0.110. The lowest BCUT2D eigenvalue weighted by Gasteiger charge is -2.32. The van der Waals surface area contributed by atoms with Crippen LogP contribution in [0.1, 0.15) is 33.1 Å². The Bertz CT molecular complexity index is 166. The van der Waals surface area contributed by atoms with Gasteiger partial charge in [0.05, 0.1) is 0 Å². The lowest BCUT2D eigenvalue weighted by atomic mass is 9.74. The first-order valence-electron chi connectivity index (χ1n) is 5.38. The average molecular weight is 168 g/mol. The SMILES string of the molecule is CCC1C(C)C2CC(CO)C1C2. The van der Waals surface area contributed by atoms with E-state index in [0.717, 1.165) is 23.7 Å². The molecule has 2 bridgehead atoms. The first-order chi connectivity index (χ1) is 5.77. The molecule has 2 saturated carbocycles. The average Bonchev–Trinajstić information content (AvgIpc) is 2.61. The number of fused-ring (bicyclic) bond motifs is 2. The van der Waals surface area contributed by atoms with Crippen LogP contribution in [0.4, 0.5) is 0 Å². The van der Waals surface area contributed by atoms with E-state index in [1.165, 1.54) is 19.3 Å². The highest BCUT2D eigenvalue weighted by Gasteiger charge is 2.49. The van der Waals surface area contributed by atoms with Gasteiger partial charge in [0.25, 0.3) is 0 Å². The van der Waals surface area contributed by atoms with Crippen molar-refractivity contribution in [1.82, 2.24) is 0 Å². The van der Waals surface area contributed by atoms with Crippen molar-refractivity contribution < 1.29 is 5.11 Å². The van der Waals surface area contributed by atoms with Gasteiger partial charge in [0.2, 0.25) is 0 Å². The van der Waals surface area contributed by atoms with Gasteiger partial charge in [-0.2, -0.15) is 0 Å². The summed E-state index contributed by atoms with van der Waals surface area (Å²) in [4.78, 5) is 0. The van der Waals surface area contributed by atoms with Crippen molar-refractivity contribution in [2.45, 2.75) is 33.1 Å². The summed E-state index contributed by atoms with van der Waals surface area (Å²) >= 11 is 0. The molecule has 1 heteroatoms. The quantitative estimate of drug-likeness (QED) is 0.670. The molecular formula is C11H20O. The fourth-order valence-electron chi connectivity index (χ4n) is 3.78. The third-order valence-electron chi connectivity index (χ3n) is 4.46. The van der Waals surface area contributed by atoms with Gasteiger partial charge in [-0.05, 0) is 42.4 Å². The molecule has 2 rings (SSSR count). The van der Waals surface area contributed by atoms with Crippen molar-refractivity contribution in [2.75, 3.05) is 6.61 Å². The van der Waals surface area contributed by atoms with E-state index in [4.69, 9.17) is 0 Å². The van der Waals surface area contributed by atoms with Crippen LogP contribution in [0.5, 0.6) is 0 Å². The van der Waals surface area contributed by atoms with Gasteiger partial charge in [-0.3, -0.25) is 0 Å². The van der Waals surface area contributed by atoms with Crippen LogP contribution in [0.2, 0.25) is 0 Å². The Morgan fingerprint density at radius 1 is 1.33 bits per heavy atom. The van der Waals surface area contributed by atoms with E-state index in [1.54, 1.807) is 0 Å². The van der Waals surface area contributed by atoms with E-state index in [9.17, 15) is 5.11 Å². The van der Waals surface area contributed by atoms with Crippen molar-refractivity contribution >= 4 is 0 Å². The smallest absolute Gasteiger partial charge is 0.0462 e. The van der Waals surface area contributed by atoms with E-state index >= 15 is 0 Å². The summed E-state index contributed by atoms with van der Waals surface area (Å²) < 4.78 is 0. The molecule has 0 amide bonds. The first kappa shape index (κ1) is 8.55. The van der Waals surface area contributed by atoms with E-state index in [-0.39, 0.29) is 0 Å². The second kappa shape index (κ2) is 3.02. The van der Waals surface area contributed by atoms with Crippen molar-refractivity contribution in [3.8, 4) is 0 Å². The van der Waals surface area contributed by atoms with Crippen molar-refractivity contribution in [2.24, 2.45) is 29.6 Å². The van der Waals surface area contributed by atoms with Crippen LogP contribution in [-0.4, -0.2) is 11.7 Å². The third kappa shape index (κ3) is 1.02. The van der Waals surface area contributed by atoms with E-state index < -0.39 is 0 Å². The zero-order valence-electron chi connectivity index (χ0n) is 8.16. The summed E-state index contributed by atoms with van der Waals surface area (Å²) in [6.07, 6.45) is 4.03. The molecule has 0 aromatic heterocycles. The highest BCUT2D eigenvalue weighted by atomic mass is 16.3. The standard InChI is InChI=1S/C11H20O/c1-3-10-7(2)8-4-9(6-12)11(10)5-8/h7-12H,3-6H2,1-2H3. The van der Waals surface area contributed by atoms with Crippen molar-refractivity contribution in [1.29, 1.82) is 0 Å². The summed E-state index contributed by atoms with van der Waals surface area (Å²) in [5.74, 6) is 4.30. The summed E-state index contributed by atoms with van der Waals surface area (Å²) in [5, 5.41) is 9.19. The fourth-order valence-corrected chi connectivity index (χ4v) is 3.78. The molecule has 0 saturated heterocycles. The molecule has 0 spiro atoms. The molecule has 0 radical (unpaired) electrons. The summed E-state index contributed by atoms with van der Waals surface area (Å²) in [7, 11) is 0. The molecule has 5 unspecified atom stereocenters. The van der Waals surface area contributed by atoms with Crippen LogP contribution >= 0.6 is 0 Å². The Morgan fingerprint density at radius 2 is 2.08 bits per heavy atom. The van der Waals surface area contributed by atoms with Crippen LogP contribution in [0.15, 0.2) is 0 Å².